The highest BCUT2D eigenvalue weighted by Crippen LogP contribution is 2.16. The van der Waals surface area contributed by atoms with Crippen LogP contribution in [0.15, 0.2) is 91.0 Å². The van der Waals surface area contributed by atoms with Gasteiger partial charge in [-0.3, -0.25) is 0 Å². The van der Waals surface area contributed by atoms with Gasteiger partial charge >= 0.3 is 0 Å². The molecule has 3 atom stereocenters. The van der Waals surface area contributed by atoms with Crippen molar-refractivity contribution < 1.29 is 14.2 Å². The normalized spacial score (nSPS) is 18.1. The van der Waals surface area contributed by atoms with Crippen LogP contribution in [0.4, 0.5) is 0 Å². The summed E-state index contributed by atoms with van der Waals surface area (Å²) in [4.78, 5) is 0. The van der Waals surface area contributed by atoms with E-state index in [0.29, 0.717) is 18.3 Å². The van der Waals surface area contributed by atoms with Crippen molar-refractivity contribution in [3.63, 3.8) is 0 Å². The zero-order chi connectivity index (χ0) is 29.8. The molecule has 0 aromatic heterocycles. The second-order valence-corrected chi connectivity index (χ2v) is 9.35. The van der Waals surface area contributed by atoms with Crippen molar-refractivity contribution in [1.29, 1.82) is 0 Å². The number of rotatable bonds is 6. The topological polar surface area (TPSA) is 37.6 Å². The molecule has 3 fully saturated rings. The molecule has 3 heteroatoms. The van der Waals surface area contributed by atoms with E-state index in [1.54, 1.807) is 0 Å². The van der Waals surface area contributed by atoms with Crippen molar-refractivity contribution in [3.05, 3.63) is 108 Å². The molecule has 0 saturated carbocycles. The van der Waals surface area contributed by atoms with Crippen molar-refractivity contribution in [2.24, 2.45) is 0 Å². The van der Waals surface area contributed by atoms with E-state index in [9.17, 15) is 0 Å². The van der Waals surface area contributed by atoms with Gasteiger partial charge in [0.15, 0.2) is 0 Å². The Hall–Kier alpha value is -2.46. The minimum absolute atomic E-state index is 0.516. The maximum atomic E-state index is 5.11. The van der Waals surface area contributed by atoms with E-state index >= 15 is 0 Å². The summed E-state index contributed by atoms with van der Waals surface area (Å²) in [6.45, 7) is 19.4. The summed E-state index contributed by atoms with van der Waals surface area (Å²) in [6.07, 6.45) is 7.30. The number of epoxide rings is 3. The maximum Gasteiger partial charge on any atom is 0.0850 e. The van der Waals surface area contributed by atoms with Gasteiger partial charge in [-0.2, -0.15) is 0 Å². The molecule has 0 aliphatic carbocycles. The monoisotopic (exact) mass is 550 g/mol. The van der Waals surface area contributed by atoms with Gasteiger partial charge in [0.05, 0.1) is 38.1 Å². The molecule has 3 aliphatic rings. The summed E-state index contributed by atoms with van der Waals surface area (Å²) in [5.41, 5.74) is 4.14. The molecule has 0 bridgehead atoms. The van der Waals surface area contributed by atoms with E-state index in [2.05, 4.69) is 100 Å². The highest BCUT2D eigenvalue weighted by molar-refractivity contribution is 5.17. The Bertz CT molecular complexity index is 751. The maximum absolute atomic E-state index is 5.11. The first-order valence-electron chi connectivity index (χ1n) is 15.6. The Morgan fingerprint density at radius 2 is 0.600 bits per heavy atom. The Morgan fingerprint density at radius 3 is 0.750 bits per heavy atom. The molecule has 3 aliphatic heterocycles. The van der Waals surface area contributed by atoms with Gasteiger partial charge in [0, 0.05) is 19.3 Å². The number of benzene rings is 3. The summed E-state index contributed by atoms with van der Waals surface area (Å²) >= 11 is 0. The predicted molar refractivity (Wildman–Crippen MR) is 174 cm³/mol. The third-order valence-electron chi connectivity index (χ3n) is 5.13. The smallest absolute Gasteiger partial charge is 0.0850 e. The largest absolute Gasteiger partial charge is 0.373 e. The highest BCUT2D eigenvalue weighted by Gasteiger charge is 2.23. The molecule has 0 radical (unpaired) electrons. The molecule has 0 N–H and O–H groups in total. The quantitative estimate of drug-likeness (QED) is 0.287. The Kier molecular flexibility index (Phi) is 25.1. The SMILES string of the molecule is CC.CC.CCC.CCC.c1ccc(CC2CO2)cc1.c1ccc(CC2CO2)cc1.c1ccc(CC2CO2)cc1. The number of hydrogen-bond donors (Lipinski definition) is 0. The molecule has 3 heterocycles. The standard InChI is InChI=1S/3C9H10O.2C3H8.2C2H6/c3*1-2-4-8(5-3-1)6-9-7-10-9;2*1-3-2;2*1-2/h3*1-5,9H,6-7H2;2*3H2,1-2H3;2*1-2H3. The van der Waals surface area contributed by atoms with Crippen molar-refractivity contribution in [1.82, 2.24) is 0 Å². The van der Waals surface area contributed by atoms with Crippen molar-refractivity contribution in [2.45, 2.75) is 106 Å². The first-order chi connectivity index (χ1) is 19.7. The van der Waals surface area contributed by atoms with Gasteiger partial charge in [-0.1, -0.05) is 159 Å². The van der Waals surface area contributed by atoms with Crippen LogP contribution >= 0.6 is 0 Å². The third kappa shape index (κ3) is 23.4. The minimum Gasteiger partial charge on any atom is -0.373 e. The second-order valence-electron chi connectivity index (χ2n) is 9.35. The molecule has 3 aromatic carbocycles. The fraction of sp³-hybridized carbons (Fsp3) is 0.514. The molecular weight excluding hydrogens is 492 g/mol. The first kappa shape index (κ1) is 37.5. The molecular formula is C37H58O3. The van der Waals surface area contributed by atoms with Crippen LogP contribution in [0.5, 0.6) is 0 Å². The van der Waals surface area contributed by atoms with E-state index in [1.807, 2.05) is 45.9 Å². The Morgan fingerprint density at radius 1 is 0.425 bits per heavy atom. The zero-order valence-corrected chi connectivity index (χ0v) is 26.8. The molecule has 6 rings (SSSR count). The lowest BCUT2D eigenvalue weighted by molar-refractivity contribution is 0.407. The number of ether oxygens (including phenoxy) is 3. The van der Waals surface area contributed by atoms with E-state index in [1.165, 1.54) is 29.5 Å². The Labute approximate surface area is 247 Å². The van der Waals surface area contributed by atoms with E-state index in [4.69, 9.17) is 14.2 Å². The van der Waals surface area contributed by atoms with Gasteiger partial charge in [-0.15, -0.1) is 0 Å². The van der Waals surface area contributed by atoms with Gasteiger partial charge in [-0.25, -0.2) is 0 Å². The fourth-order valence-electron chi connectivity index (χ4n) is 3.19. The lowest BCUT2D eigenvalue weighted by atomic mass is 10.1. The van der Waals surface area contributed by atoms with Gasteiger partial charge in [-0.05, 0) is 16.7 Å². The molecule has 3 saturated heterocycles. The van der Waals surface area contributed by atoms with Crippen molar-refractivity contribution in [2.75, 3.05) is 19.8 Å². The van der Waals surface area contributed by atoms with Crippen LogP contribution in [0, 0.1) is 0 Å². The van der Waals surface area contributed by atoms with Crippen LogP contribution in [0.25, 0.3) is 0 Å². The first-order valence-corrected chi connectivity index (χ1v) is 15.6. The van der Waals surface area contributed by atoms with Crippen LogP contribution < -0.4 is 0 Å². The summed E-state index contributed by atoms with van der Waals surface area (Å²) in [6, 6.07) is 31.4. The second kappa shape index (κ2) is 26.7. The average Bonchev–Trinajstić information content (AvgIpc) is 3.84. The van der Waals surface area contributed by atoms with Crippen molar-refractivity contribution >= 4 is 0 Å². The van der Waals surface area contributed by atoms with Crippen LogP contribution in [-0.2, 0) is 33.5 Å². The molecule has 3 unspecified atom stereocenters. The summed E-state index contributed by atoms with van der Waals surface area (Å²) in [5.74, 6) is 0. The molecule has 0 amide bonds. The van der Waals surface area contributed by atoms with Gasteiger partial charge in [0.2, 0.25) is 0 Å². The molecule has 0 spiro atoms. The number of hydrogen-bond acceptors (Lipinski definition) is 3. The van der Waals surface area contributed by atoms with Crippen LogP contribution in [0.2, 0.25) is 0 Å². The van der Waals surface area contributed by atoms with Crippen LogP contribution in [0.3, 0.4) is 0 Å². The summed E-state index contributed by atoms with van der Waals surface area (Å²) in [7, 11) is 0. The zero-order valence-electron chi connectivity index (χ0n) is 26.8. The fourth-order valence-corrected chi connectivity index (χ4v) is 3.19. The minimum atomic E-state index is 0.516. The molecule has 224 valence electrons. The van der Waals surface area contributed by atoms with E-state index in [-0.39, 0.29) is 0 Å². The van der Waals surface area contributed by atoms with Gasteiger partial charge in [0.25, 0.3) is 0 Å². The molecule has 40 heavy (non-hydrogen) atoms. The third-order valence-corrected chi connectivity index (χ3v) is 5.13. The van der Waals surface area contributed by atoms with E-state index < -0.39 is 0 Å². The van der Waals surface area contributed by atoms with Gasteiger partial charge in [0.1, 0.15) is 0 Å². The molecule has 3 aromatic rings. The summed E-state index contributed by atoms with van der Waals surface area (Å²) in [5, 5.41) is 0. The highest BCUT2D eigenvalue weighted by atomic mass is 16.6. The van der Waals surface area contributed by atoms with E-state index in [0.717, 1.165) is 39.1 Å². The average molecular weight is 551 g/mol. The lowest BCUT2D eigenvalue weighted by Crippen LogP contribution is -1.90. The van der Waals surface area contributed by atoms with Gasteiger partial charge < -0.3 is 14.2 Å². The van der Waals surface area contributed by atoms with Crippen LogP contribution in [-0.4, -0.2) is 38.1 Å². The Balaban J connectivity index is 0.000000492. The summed E-state index contributed by atoms with van der Waals surface area (Å²) < 4.78 is 15.3. The van der Waals surface area contributed by atoms with Crippen LogP contribution in [0.1, 0.15) is 84.9 Å². The molecule has 3 nitrogen and oxygen atoms in total. The predicted octanol–water partition coefficient (Wildman–Crippen LogP) is 9.77. The van der Waals surface area contributed by atoms with Crippen molar-refractivity contribution in [3.8, 4) is 0 Å². The lowest BCUT2D eigenvalue weighted by Gasteiger charge is -1.93.